The summed E-state index contributed by atoms with van der Waals surface area (Å²) >= 11 is 0. The van der Waals surface area contributed by atoms with Crippen LogP contribution in [0.4, 0.5) is 0 Å². The van der Waals surface area contributed by atoms with Crippen LogP contribution in [0.2, 0.25) is 0 Å². The summed E-state index contributed by atoms with van der Waals surface area (Å²) in [4.78, 5) is 0. The van der Waals surface area contributed by atoms with E-state index >= 15 is 0 Å². The van der Waals surface area contributed by atoms with E-state index < -0.39 is 24.2 Å². The molecule has 0 atom stereocenters. The van der Waals surface area contributed by atoms with Crippen LogP contribution < -0.4 is 5.14 Å². The van der Waals surface area contributed by atoms with Gasteiger partial charge in [-0.05, 0) is 0 Å². The molecule has 0 aliphatic rings. The number of nitrogens with two attached hydrogens (primary N) is 1. The summed E-state index contributed by atoms with van der Waals surface area (Å²) in [5.74, 6) is 0. The summed E-state index contributed by atoms with van der Waals surface area (Å²) < 4.78 is 39.8. The minimum Gasteiger partial charge on any atom is -0.228 e. The van der Waals surface area contributed by atoms with E-state index in [1.165, 1.54) is 0 Å². The highest BCUT2D eigenvalue weighted by Crippen LogP contribution is 1.97. The van der Waals surface area contributed by atoms with Gasteiger partial charge >= 0.3 is 0 Å². The van der Waals surface area contributed by atoms with Crippen molar-refractivity contribution in [1.82, 2.24) is 0 Å². The Morgan fingerprint density at radius 1 is 1.22 bits per heavy atom. The first-order valence-electron chi connectivity index (χ1n) is 1.63. The molecule has 0 saturated carbocycles. The predicted octanol–water partition coefficient (Wildman–Crippen LogP) is -1.20. The van der Waals surface area contributed by atoms with Crippen molar-refractivity contribution in [2.24, 2.45) is 5.14 Å². The predicted molar refractivity (Wildman–Crippen MR) is 32.7 cm³/mol. The van der Waals surface area contributed by atoms with Crippen LogP contribution in [-0.4, -0.2) is 21.9 Å². The molecule has 5 nitrogen and oxygen atoms in total. The van der Waals surface area contributed by atoms with Crippen molar-refractivity contribution in [3.8, 4) is 0 Å². The molecule has 0 spiro atoms. The van der Waals surface area contributed by atoms with Gasteiger partial charge in [-0.25, -0.2) is 22.0 Å². The van der Waals surface area contributed by atoms with Crippen LogP contribution in [0.3, 0.4) is 0 Å². The molecule has 0 saturated heterocycles. The summed E-state index contributed by atoms with van der Waals surface area (Å²) in [7, 11) is -3.49. The Bertz CT molecular complexity index is 244. The molecule has 0 aromatic rings. The third-order valence-electron chi connectivity index (χ3n) is 0.305. The topological polar surface area (TPSA) is 94.3 Å². The first-order valence-corrected chi connectivity index (χ1v) is 5.83. The number of primary sulfonamides is 1. The largest absolute Gasteiger partial charge is 0.248 e. The lowest BCUT2D eigenvalue weighted by Crippen LogP contribution is -2.20. The van der Waals surface area contributed by atoms with Crippen LogP contribution in [0.25, 0.3) is 0 Å². The second-order valence-corrected chi connectivity index (χ2v) is 6.08. The zero-order valence-electron chi connectivity index (χ0n) is 4.11. The van der Waals surface area contributed by atoms with Crippen LogP contribution in [0.5, 0.6) is 0 Å². The van der Waals surface area contributed by atoms with Gasteiger partial charge in [0, 0.05) is 10.7 Å². The van der Waals surface area contributed by atoms with Gasteiger partial charge < -0.3 is 0 Å². The Kier molecular flexibility index (Phi) is 2.45. The summed E-state index contributed by atoms with van der Waals surface area (Å²) in [5.41, 5.74) is 0. The van der Waals surface area contributed by atoms with Gasteiger partial charge in [-0.3, -0.25) is 0 Å². The summed E-state index contributed by atoms with van der Waals surface area (Å²) in [6.45, 7) is 0. The number of halogens is 1. The van der Waals surface area contributed by atoms with E-state index in [0.29, 0.717) is 0 Å². The molecular formula is CH4ClNO4S2. The molecule has 8 heteroatoms. The van der Waals surface area contributed by atoms with Crippen molar-refractivity contribution in [2.45, 2.75) is 0 Å². The van der Waals surface area contributed by atoms with Crippen molar-refractivity contribution in [3.05, 3.63) is 0 Å². The maximum atomic E-state index is 9.96. The minimum atomic E-state index is -4.02. The van der Waals surface area contributed by atoms with Crippen molar-refractivity contribution in [2.75, 3.05) is 5.08 Å². The van der Waals surface area contributed by atoms with Gasteiger partial charge in [-0.2, -0.15) is 0 Å². The normalized spacial score (nSPS) is 13.6. The van der Waals surface area contributed by atoms with Gasteiger partial charge in [0.15, 0.2) is 5.08 Å². The molecule has 0 aromatic carbocycles. The highest BCUT2D eigenvalue weighted by atomic mass is 35.7. The number of hydrogen-bond acceptors (Lipinski definition) is 4. The zero-order valence-corrected chi connectivity index (χ0v) is 6.50. The molecule has 56 valence electrons. The highest BCUT2D eigenvalue weighted by molar-refractivity contribution is 8.21. The zero-order chi connectivity index (χ0) is 7.71. The second kappa shape index (κ2) is 2.41. The molecule has 0 amide bonds. The molecule has 0 unspecified atom stereocenters. The fourth-order valence-electron chi connectivity index (χ4n) is 0.196. The lowest BCUT2D eigenvalue weighted by Gasteiger charge is -1.89. The molecule has 9 heavy (non-hydrogen) atoms. The Hall–Kier alpha value is 0.150. The van der Waals surface area contributed by atoms with E-state index in [1.807, 2.05) is 0 Å². The summed E-state index contributed by atoms with van der Waals surface area (Å²) in [5, 5.41) is 3.11. The lowest BCUT2D eigenvalue weighted by atomic mass is 11.9. The van der Waals surface area contributed by atoms with Crippen molar-refractivity contribution < 1.29 is 16.8 Å². The maximum Gasteiger partial charge on any atom is 0.248 e. The monoisotopic (exact) mass is 193 g/mol. The third-order valence-corrected chi connectivity index (χ3v) is 3.55. The highest BCUT2D eigenvalue weighted by Gasteiger charge is 2.14. The SMILES string of the molecule is NS(=O)(=O)CS(=O)(=O)Cl. The Labute approximate surface area is 57.3 Å². The van der Waals surface area contributed by atoms with Gasteiger partial charge in [0.2, 0.25) is 19.1 Å². The van der Waals surface area contributed by atoms with Crippen LogP contribution in [0, 0.1) is 0 Å². The van der Waals surface area contributed by atoms with E-state index in [4.69, 9.17) is 0 Å². The average Bonchev–Trinajstić information content (AvgIpc) is 1.14. The van der Waals surface area contributed by atoms with Crippen LogP contribution in [-0.2, 0) is 19.1 Å². The molecule has 0 aromatic heterocycles. The Morgan fingerprint density at radius 2 is 1.56 bits per heavy atom. The fraction of sp³-hybridized carbons (Fsp3) is 1.00. The maximum absolute atomic E-state index is 9.96. The Morgan fingerprint density at radius 3 is 1.56 bits per heavy atom. The molecule has 0 radical (unpaired) electrons. The first-order chi connectivity index (χ1) is 3.71. The first kappa shape index (κ1) is 9.15. The van der Waals surface area contributed by atoms with Gasteiger partial charge in [0.1, 0.15) is 0 Å². The summed E-state index contributed by atoms with van der Waals surface area (Å²) in [6, 6.07) is 0. The van der Waals surface area contributed by atoms with Crippen LogP contribution in [0.15, 0.2) is 0 Å². The van der Waals surface area contributed by atoms with Gasteiger partial charge in [-0.15, -0.1) is 0 Å². The molecule has 0 aliphatic carbocycles. The van der Waals surface area contributed by atoms with E-state index in [9.17, 15) is 16.8 Å². The van der Waals surface area contributed by atoms with E-state index in [1.54, 1.807) is 0 Å². The van der Waals surface area contributed by atoms with E-state index in [0.717, 1.165) is 0 Å². The quantitative estimate of drug-likeness (QED) is 0.558. The molecule has 0 rings (SSSR count). The smallest absolute Gasteiger partial charge is 0.228 e. The van der Waals surface area contributed by atoms with Gasteiger partial charge in [-0.1, -0.05) is 0 Å². The molecule has 2 N–H and O–H groups in total. The number of hydrogen-bond donors (Lipinski definition) is 1. The van der Waals surface area contributed by atoms with Gasteiger partial charge in [0.05, 0.1) is 0 Å². The average molecular weight is 194 g/mol. The van der Waals surface area contributed by atoms with Crippen molar-refractivity contribution in [3.63, 3.8) is 0 Å². The van der Waals surface area contributed by atoms with Crippen molar-refractivity contribution in [1.29, 1.82) is 0 Å². The molecule has 0 heterocycles. The van der Waals surface area contributed by atoms with Crippen LogP contribution in [0.1, 0.15) is 0 Å². The van der Waals surface area contributed by atoms with E-state index in [2.05, 4.69) is 15.8 Å². The van der Waals surface area contributed by atoms with Gasteiger partial charge in [0.25, 0.3) is 0 Å². The minimum absolute atomic E-state index is 1.22. The lowest BCUT2D eigenvalue weighted by molar-refractivity contribution is 0.596. The Balaban J connectivity index is 4.46. The molecule has 0 bridgehead atoms. The van der Waals surface area contributed by atoms with Crippen LogP contribution >= 0.6 is 10.7 Å². The fourth-order valence-corrected chi connectivity index (χ4v) is 2.88. The number of rotatable bonds is 2. The summed E-state index contributed by atoms with van der Waals surface area (Å²) in [6.07, 6.45) is 0. The molecule has 0 aliphatic heterocycles. The molecular weight excluding hydrogens is 190 g/mol. The third kappa shape index (κ3) is 8.15. The standard InChI is InChI=1S/CH4ClNO4S2/c2-8(4,5)1-9(3,6)7/h1H2,(H2,3,6,7). The van der Waals surface area contributed by atoms with Crippen molar-refractivity contribution >= 4 is 29.8 Å². The van der Waals surface area contributed by atoms with E-state index in [-0.39, 0.29) is 0 Å². The second-order valence-electron chi connectivity index (χ2n) is 1.32. The molecule has 0 fully saturated rings. The number of sulfonamides is 1.